The van der Waals surface area contributed by atoms with Gasteiger partial charge in [0, 0.05) is 12.3 Å². The number of nitrogens with one attached hydrogen (secondary N) is 1. The van der Waals surface area contributed by atoms with Crippen molar-refractivity contribution in [1.82, 2.24) is 5.32 Å². The van der Waals surface area contributed by atoms with E-state index in [2.05, 4.69) is 5.32 Å². The molecule has 0 heterocycles. The van der Waals surface area contributed by atoms with Crippen LogP contribution in [-0.4, -0.2) is 34.8 Å². The summed E-state index contributed by atoms with van der Waals surface area (Å²) in [5, 5.41) is 11.2. The van der Waals surface area contributed by atoms with Gasteiger partial charge < -0.3 is 10.4 Å². The van der Waals surface area contributed by atoms with E-state index in [1.54, 1.807) is 13.8 Å². The van der Waals surface area contributed by atoms with Crippen LogP contribution in [-0.2, 0) is 9.59 Å². The van der Waals surface area contributed by atoms with Crippen LogP contribution in [0.3, 0.4) is 0 Å². The van der Waals surface area contributed by atoms with E-state index >= 15 is 0 Å². The summed E-state index contributed by atoms with van der Waals surface area (Å²) in [6.07, 6.45) is 0. The lowest BCUT2D eigenvalue weighted by molar-refractivity contribution is -0.140. The van der Waals surface area contributed by atoms with Crippen LogP contribution in [0.2, 0.25) is 0 Å². The van der Waals surface area contributed by atoms with E-state index in [0.29, 0.717) is 0 Å². The van der Waals surface area contributed by atoms with Gasteiger partial charge in [0.05, 0.1) is 11.8 Å². The summed E-state index contributed by atoms with van der Waals surface area (Å²) >= 11 is -0.216. The minimum Gasteiger partial charge on any atom is -0.481 e. The summed E-state index contributed by atoms with van der Waals surface area (Å²) in [7, 11) is 0. The van der Waals surface area contributed by atoms with Crippen LogP contribution in [0.5, 0.6) is 0 Å². The van der Waals surface area contributed by atoms with Gasteiger partial charge in [-0.1, -0.05) is 13.8 Å². The molecule has 0 saturated heterocycles. The highest BCUT2D eigenvalue weighted by Gasteiger charge is 2.65. The first-order chi connectivity index (χ1) is 8.07. The summed E-state index contributed by atoms with van der Waals surface area (Å²) in [4.78, 5) is 22.4. The second-order valence-corrected chi connectivity index (χ2v) is 5.86. The van der Waals surface area contributed by atoms with Crippen molar-refractivity contribution < 1.29 is 27.9 Å². The number of carbonyl (C=O) groups excluding carboxylic acids is 1. The molecule has 0 spiro atoms. The van der Waals surface area contributed by atoms with Crippen LogP contribution < -0.4 is 5.32 Å². The molecule has 1 fully saturated rings. The third-order valence-electron chi connectivity index (χ3n) is 3.04. The Morgan fingerprint density at radius 1 is 1.33 bits per heavy atom. The molecule has 4 nitrogen and oxygen atoms in total. The zero-order valence-electron chi connectivity index (χ0n) is 9.87. The maximum absolute atomic E-state index is 11.8. The Kier molecular flexibility index (Phi) is 4.19. The fourth-order valence-electron chi connectivity index (χ4n) is 2.04. The Morgan fingerprint density at radius 2 is 1.89 bits per heavy atom. The van der Waals surface area contributed by atoms with Crippen LogP contribution in [0.4, 0.5) is 13.2 Å². The quantitative estimate of drug-likeness (QED) is 0.755. The molecule has 0 bridgehead atoms. The Hall–Kier alpha value is -0.920. The third kappa shape index (κ3) is 3.54. The van der Waals surface area contributed by atoms with Gasteiger partial charge in [-0.05, 0) is 17.2 Å². The van der Waals surface area contributed by atoms with Crippen LogP contribution in [0.25, 0.3) is 0 Å². The smallest absolute Gasteiger partial charge is 0.441 e. The van der Waals surface area contributed by atoms with E-state index in [4.69, 9.17) is 5.11 Å². The zero-order chi connectivity index (χ0) is 14.1. The molecule has 1 aliphatic rings. The predicted molar refractivity (Wildman–Crippen MR) is 59.9 cm³/mol. The van der Waals surface area contributed by atoms with Gasteiger partial charge in [0.1, 0.15) is 0 Å². The molecule has 8 heteroatoms. The lowest BCUT2D eigenvalue weighted by Crippen LogP contribution is -2.29. The highest BCUT2D eigenvalue weighted by Crippen LogP contribution is 2.58. The number of hydrogen-bond donors (Lipinski definition) is 2. The number of alkyl halides is 3. The molecule has 1 aliphatic carbocycles. The minimum absolute atomic E-state index is 0.123. The molecular weight excluding hydrogens is 271 g/mol. The van der Waals surface area contributed by atoms with E-state index in [1.807, 2.05) is 0 Å². The van der Waals surface area contributed by atoms with E-state index in [0.717, 1.165) is 0 Å². The number of thioether (sulfide) groups is 1. The van der Waals surface area contributed by atoms with Crippen molar-refractivity contribution in [2.24, 2.45) is 17.3 Å². The highest BCUT2D eigenvalue weighted by molar-refractivity contribution is 8.00. The third-order valence-corrected chi connectivity index (χ3v) is 3.78. The summed E-state index contributed by atoms with van der Waals surface area (Å²) in [6.45, 7) is 3.18. The number of carboxylic acid groups (broad SMARTS) is 1. The van der Waals surface area contributed by atoms with Crippen LogP contribution >= 0.6 is 11.8 Å². The first kappa shape index (κ1) is 15.1. The van der Waals surface area contributed by atoms with Crippen molar-refractivity contribution in [2.75, 3.05) is 12.3 Å². The Morgan fingerprint density at radius 3 is 2.28 bits per heavy atom. The lowest BCUT2D eigenvalue weighted by atomic mass is 10.1. The lowest BCUT2D eigenvalue weighted by Gasteiger charge is -2.07. The molecule has 1 amide bonds. The molecule has 0 radical (unpaired) electrons. The van der Waals surface area contributed by atoms with E-state index in [-0.39, 0.29) is 24.1 Å². The Balaban J connectivity index is 2.33. The van der Waals surface area contributed by atoms with Crippen LogP contribution in [0.1, 0.15) is 13.8 Å². The van der Waals surface area contributed by atoms with Crippen molar-refractivity contribution in [3.05, 3.63) is 0 Å². The first-order valence-corrected chi connectivity index (χ1v) is 6.27. The van der Waals surface area contributed by atoms with E-state index in [1.165, 1.54) is 0 Å². The Bertz CT molecular complexity index is 357. The van der Waals surface area contributed by atoms with Crippen molar-refractivity contribution in [3.63, 3.8) is 0 Å². The Labute approximate surface area is 106 Å². The largest absolute Gasteiger partial charge is 0.481 e. The second-order valence-electron chi connectivity index (χ2n) is 4.70. The summed E-state index contributed by atoms with van der Waals surface area (Å²) in [6, 6.07) is 0. The van der Waals surface area contributed by atoms with E-state index in [9.17, 15) is 22.8 Å². The first-order valence-electron chi connectivity index (χ1n) is 5.28. The molecule has 0 aromatic heterocycles. The van der Waals surface area contributed by atoms with Crippen molar-refractivity contribution >= 4 is 23.6 Å². The number of rotatable bonds is 5. The number of hydrogen-bond acceptors (Lipinski definition) is 3. The van der Waals surface area contributed by atoms with Gasteiger partial charge in [-0.15, -0.1) is 0 Å². The molecule has 1 saturated carbocycles. The molecule has 104 valence electrons. The summed E-state index contributed by atoms with van der Waals surface area (Å²) in [5.74, 6) is -3.24. The normalized spacial score (nSPS) is 25.6. The summed E-state index contributed by atoms with van der Waals surface area (Å²) < 4.78 is 35.4. The fraction of sp³-hybridized carbons (Fsp3) is 0.800. The van der Waals surface area contributed by atoms with Gasteiger partial charge >= 0.3 is 11.5 Å². The molecule has 2 atom stereocenters. The van der Waals surface area contributed by atoms with Crippen molar-refractivity contribution in [2.45, 2.75) is 19.4 Å². The van der Waals surface area contributed by atoms with Crippen molar-refractivity contribution in [3.8, 4) is 0 Å². The monoisotopic (exact) mass is 285 g/mol. The zero-order valence-corrected chi connectivity index (χ0v) is 10.7. The van der Waals surface area contributed by atoms with Crippen LogP contribution in [0.15, 0.2) is 0 Å². The van der Waals surface area contributed by atoms with Crippen LogP contribution in [0, 0.1) is 17.3 Å². The average Bonchev–Trinajstić information content (AvgIpc) is 2.75. The SMILES string of the molecule is CC1(C)[C@H](C(=O)O)[C@@H]1C(=O)NCCSC(F)(F)F. The van der Waals surface area contributed by atoms with Gasteiger partial charge in [0.25, 0.3) is 0 Å². The molecule has 1 rings (SSSR count). The van der Waals surface area contributed by atoms with Gasteiger partial charge in [-0.3, -0.25) is 9.59 Å². The molecule has 0 aliphatic heterocycles. The molecule has 0 aromatic rings. The second kappa shape index (κ2) is 4.99. The molecule has 2 N–H and O–H groups in total. The fourth-order valence-corrected chi connectivity index (χ4v) is 2.47. The number of halogens is 3. The maximum atomic E-state index is 11.8. The topological polar surface area (TPSA) is 66.4 Å². The molecular formula is C10H14F3NO3S. The number of amides is 1. The number of aliphatic carboxylic acids is 1. The molecule has 0 aromatic carbocycles. The van der Waals surface area contributed by atoms with Gasteiger partial charge in [-0.25, -0.2) is 0 Å². The van der Waals surface area contributed by atoms with Gasteiger partial charge in [0.15, 0.2) is 0 Å². The van der Waals surface area contributed by atoms with Gasteiger partial charge in [0.2, 0.25) is 5.91 Å². The van der Waals surface area contributed by atoms with Gasteiger partial charge in [-0.2, -0.15) is 13.2 Å². The van der Waals surface area contributed by atoms with Crippen molar-refractivity contribution in [1.29, 1.82) is 0 Å². The standard InChI is InChI=1S/C10H14F3NO3S/c1-9(2)5(6(9)8(16)17)7(15)14-3-4-18-10(11,12)13/h5-6H,3-4H2,1-2H3,(H,14,15)(H,16,17)/t5-,6+/m1/s1. The maximum Gasteiger partial charge on any atom is 0.441 e. The minimum atomic E-state index is -4.31. The average molecular weight is 285 g/mol. The number of carboxylic acids is 1. The predicted octanol–water partition coefficient (Wildman–Crippen LogP) is 1.71. The highest BCUT2D eigenvalue weighted by atomic mass is 32.2. The number of carbonyl (C=O) groups is 2. The molecule has 18 heavy (non-hydrogen) atoms. The molecule has 0 unspecified atom stereocenters. The van der Waals surface area contributed by atoms with E-state index < -0.39 is 34.6 Å². The summed E-state index contributed by atoms with van der Waals surface area (Å²) in [5.41, 5.74) is -4.94.